The van der Waals surface area contributed by atoms with Crippen LogP contribution in [0.4, 0.5) is 0 Å². The minimum Gasteiger partial charge on any atom is -0.378 e. The molecule has 1 fully saturated rings. The molecule has 0 radical (unpaired) electrons. The molecule has 0 unspecified atom stereocenters. The minimum atomic E-state index is -0.0289. The molecule has 1 amide bonds. The van der Waals surface area contributed by atoms with Crippen molar-refractivity contribution >= 4 is 16.8 Å². The lowest BCUT2D eigenvalue weighted by molar-refractivity contribution is 0.0273. The fraction of sp³-hybridized carbons (Fsp3) is 0.524. The lowest BCUT2D eigenvalue weighted by Gasteiger charge is -2.21. The van der Waals surface area contributed by atoms with Gasteiger partial charge in [-0.3, -0.25) is 9.78 Å². The Kier molecular flexibility index (Phi) is 6.03. The van der Waals surface area contributed by atoms with Crippen LogP contribution in [-0.4, -0.2) is 30.1 Å². The number of rotatable bonds is 6. The monoisotopic (exact) mass is 340 g/mol. The van der Waals surface area contributed by atoms with Gasteiger partial charge < -0.3 is 10.1 Å². The Morgan fingerprint density at radius 1 is 1.20 bits per heavy atom. The van der Waals surface area contributed by atoms with E-state index in [9.17, 15) is 4.79 Å². The number of benzene rings is 1. The smallest absolute Gasteiger partial charge is 0.252 e. The molecule has 0 bridgehead atoms. The zero-order valence-corrected chi connectivity index (χ0v) is 15.3. The number of aromatic nitrogens is 1. The van der Waals surface area contributed by atoms with E-state index in [1.165, 1.54) is 32.1 Å². The SMILES string of the molecule is Cc1ccc2nc(C)cc(C(=O)NCCCOC3CCCCC3)c2c1. The highest BCUT2D eigenvalue weighted by Crippen LogP contribution is 2.21. The molecular formula is C21H28N2O2. The Labute approximate surface area is 150 Å². The topological polar surface area (TPSA) is 51.2 Å². The van der Waals surface area contributed by atoms with Crippen LogP contribution in [-0.2, 0) is 4.74 Å². The number of fused-ring (bicyclic) bond motifs is 1. The first-order valence-electron chi connectivity index (χ1n) is 9.41. The molecule has 25 heavy (non-hydrogen) atoms. The van der Waals surface area contributed by atoms with Crippen LogP contribution in [0.25, 0.3) is 10.9 Å². The van der Waals surface area contributed by atoms with Crippen molar-refractivity contribution < 1.29 is 9.53 Å². The van der Waals surface area contributed by atoms with Gasteiger partial charge in [0.25, 0.3) is 5.91 Å². The average molecular weight is 340 g/mol. The van der Waals surface area contributed by atoms with Crippen molar-refractivity contribution in [2.24, 2.45) is 0 Å². The summed E-state index contributed by atoms with van der Waals surface area (Å²) in [5.41, 5.74) is 3.58. The molecule has 0 atom stereocenters. The van der Waals surface area contributed by atoms with Crippen LogP contribution < -0.4 is 5.32 Å². The summed E-state index contributed by atoms with van der Waals surface area (Å²) >= 11 is 0. The van der Waals surface area contributed by atoms with Gasteiger partial charge >= 0.3 is 0 Å². The molecule has 1 N–H and O–H groups in total. The number of hydrogen-bond acceptors (Lipinski definition) is 3. The van der Waals surface area contributed by atoms with E-state index in [1.54, 1.807) is 0 Å². The van der Waals surface area contributed by atoms with E-state index in [-0.39, 0.29) is 5.91 Å². The summed E-state index contributed by atoms with van der Waals surface area (Å²) < 4.78 is 5.91. The number of carbonyl (C=O) groups is 1. The van der Waals surface area contributed by atoms with Crippen molar-refractivity contribution in [3.63, 3.8) is 0 Å². The van der Waals surface area contributed by atoms with Gasteiger partial charge in [0, 0.05) is 24.2 Å². The van der Waals surface area contributed by atoms with E-state index in [1.807, 2.05) is 38.1 Å². The molecule has 1 aromatic heterocycles. The lowest BCUT2D eigenvalue weighted by atomic mass is 9.98. The summed E-state index contributed by atoms with van der Waals surface area (Å²) in [5, 5.41) is 3.95. The molecule has 0 saturated heterocycles. The quantitative estimate of drug-likeness (QED) is 0.797. The van der Waals surface area contributed by atoms with E-state index in [0.717, 1.165) is 35.2 Å². The number of nitrogens with zero attached hydrogens (tertiary/aromatic N) is 1. The third kappa shape index (κ3) is 4.79. The maximum Gasteiger partial charge on any atom is 0.252 e. The normalized spacial score (nSPS) is 15.4. The Bertz CT molecular complexity index is 736. The largest absolute Gasteiger partial charge is 0.378 e. The summed E-state index contributed by atoms with van der Waals surface area (Å²) in [7, 11) is 0. The molecule has 134 valence electrons. The number of nitrogens with one attached hydrogen (secondary N) is 1. The highest BCUT2D eigenvalue weighted by Gasteiger charge is 2.14. The molecular weight excluding hydrogens is 312 g/mol. The van der Waals surface area contributed by atoms with Crippen LogP contribution in [0, 0.1) is 13.8 Å². The Hall–Kier alpha value is -1.94. The second kappa shape index (κ2) is 8.43. The maximum atomic E-state index is 12.6. The van der Waals surface area contributed by atoms with Crippen LogP contribution in [0.1, 0.15) is 60.1 Å². The van der Waals surface area contributed by atoms with Gasteiger partial charge in [0.05, 0.1) is 17.2 Å². The molecule has 2 aromatic rings. The molecule has 0 spiro atoms. The maximum absolute atomic E-state index is 12.6. The molecule has 1 heterocycles. The molecule has 1 saturated carbocycles. The molecule has 4 nitrogen and oxygen atoms in total. The average Bonchev–Trinajstić information content (AvgIpc) is 2.62. The van der Waals surface area contributed by atoms with Crippen LogP contribution in [0.15, 0.2) is 24.3 Å². The van der Waals surface area contributed by atoms with Crippen molar-refractivity contribution in [3.8, 4) is 0 Å². The van der Waals surface area contributed by atoms with Crippen molar-refractivity contribution in [2.45, 2.75) is 58.5 Å². The van der Waals surface area contributed by atoms with Crippen LogP contribution in [0.2, 0.25) is 0 Å². The van der Waals surface area contributed by atoms with Gasteiger partial charge in [-0.2, -0.15) is 0 Å². The highest BCUT2D eigenvalue weighted by atomic mass is 16.5. The number of hydrogen-bond donors (Lipinski definition) is 1. The zero-order chi connectivity index (χ0) is 17.6. The highest BCUT2D eigenvalue weighted by molar-refractivity contribution is 6.06. The summed E-state index contributed by atoms with van der Waals surface area (Å²) in [5.74, 6) is -0.0289. The number of pyridine rings is 1. The standard InChI is InChI=1S/C21H28N2O2/c1-15-9-10-20-18(13-15)19(14-16(2)23-20)21(24)22-11-6-12-25-17-7-4-3-5-8-17/h9-10,13-14,17H,3-8,11-12H2,1-2H3,(H,22,24). The molecule has 0 aliphatic heterocycles. The molecule has 1 aliphatic rings. The van der Waals surface area contributed by atoms with Gasteiger partial charge in [0.15, 0.2) is 0 Å². The molecule has 4 heteroatoms. The first kappa shape index (κ1) is 17.9. The first-order chi connectivity index (χ1) is 12.1. The Balaban J connectivity index is 1.54. The fourth-order valence-electron chi connectivity index (χ4n) is 3.51. The predicted molar refractivity (Wildman–Crippen MR) is 101 cm³/mol. The Morgan fingerprint density at radius 3 is 2.80 bits per heavy atom. The number of aryl methyl sites for hydroxylation is 2. The van der Waals surface area contributed by atoms with Crippen LogP contribution in [0.5, 0.6) is 0 Å². The van der Waals surface area contributed by atoms with Crippen molar-refractivity contribution in [3.05, 3.63) is 41.1 Å². The van der Waals surface area contributed by atoms with E-state index < -0.39 is 0 Å². The van der Waals surface area contributed by atoms with Crippen molar-refractivity contribution in [1.29, 1.82) is 0 Å². The van der Waals surface area contributed by atoms with Crippen molar-refractivity contribution in [1.82, 2.24) is 10.3 Å². The summed E-state index contributed by atoms with van der Waals surface area (Å²) in [6.45, 7) is 5.32. The minimum absolute atomic E-state index is 0.0289. The fourth-order valence-corrected chi connectivity index (χ4v) is 3.51. The summed E-state index contributed by atoms with van der Waals surface area (Å²) in [6, 6.07) is 7.91. The third-order valence-electron chi connectivity index (χ3n) is 4.85. The number of ether oxygens (including phenoxy) is 1. The van der Waals surface area contributed by atoms with Crippen molar-refractivity contribution in [2.75, 3.05) is 13.2 Å². The number of amides is 1. The van der Waals surface area contributed by atoms with Gasteiger partial charge in [0.2, 0.25) is 0 Å². The molecule has 1 aromatic carbocycles. The molecule has 3 rings (SSSR count). The van der Waals surface area contributed by atoms with E-state index in [0.29, 0.717) is 18.2 Å². The van der Waals surface area contributed by atoms with Gasteiger partial charge in [-0.25, -0.2) is 0 Å². The molecule has 1 aliphatic carbocycles. The van der Waals surface area contributed by atoms with Crippen LogP contribution >= 0.6 is 0 Å². The zero-order valence-electron chi connectivity index (χ0n) is 15.3. The van der Waals surface area contributed by atoms with Crippen LogP contribution in [0.3, 0.4) is 0 Å². The van der Waals surface area contributed by atoms with E-state index >= 15 is 0 Å². The second-order valence-electron chi connectivity index (χ2n) is 7.07. The Morgan fingerprint density at radius 2 is 2.00 bits per heavy atom. The van der Waals surface area contributed by atoms with E-state index in [4.69, 9.17) is 4.74 Å². The van der Waals surface area contributed by atoms with E-state index in [2.05, 4.69) is 10.3 Å². The summed E-state index contributed by atoms with van der Waals surface area (Å²) in [4.78, 5) is 17.1. The van der Waals surface area contributed by atoms with Gasteiger partial charge in [-0.1, -0.05) is 30.9 Å². The lowest BCUT2D eigenvalue weighted by Crippen LogP contribution is -2.26. The second-order valence-corrected chi connectivity index (χ2v) is 7.07. The van der Waals surface area contributed by atoms with Gasteiger partial charge in [0.1, 0.15) is 0 Å². The third-order valence-corrected chi connectivity index (χ3v) is 4.85. The summed E-state index contributed by atoms with van der Waals surface area (Å²) in [6.07, 6.45) is 7.57. The number of carbonyl (C=O) groups excluding carboxylic acids is 1. The van der Waals surface area contributed by atoms with Gasteiger partial charge in [-0.05, 0) is 51.3 Å². The first-order valence-corrected chi connectivity index (χ1v) is 9.41. The predicted octanol–water partition coefficient (Wildman–Crippen LogP) is 4.32. The van der Waals surface area contributed by atoms with Gasteiger partial charge in [-0.15, -0.1) is 0 Å².